The van der Waals surface area contributed by atoms with Crippen molar-refractivity contribution in [3.63, 3.8) is 0 Å². The van der Waals surface area contributed by atoms with Gasteiger partial charge in [0.25, 0.3) is 15.9 Å². The van der Waals surface area contributed by atoms with Crippen LogP contribution in [0.15, 0.2) is 71.6 Å². The quantitative estimate of drug-likeness (QED) is 0.382. The number of aromatic nitrogens is 2. The molecule has 176 valence electrons. The molecule has 0 saturated carbocycles. The van der Waals surface area contributed by atoms with Gasteiger partial charge in [0.1, 0.15) is 10.7 Å². The summed E-state index contributed by atoms with van der Waals surface area (Å²) in [6.45, 7) is 5.23. The monoisotopic (exact) mass is 496 g/mol. The second-order valence-electron chi connectivity index (χ2n) is 7.79. The second-order valence-corrected chi connectivity index (χ2v) is 9.85. The number of hydrogen-bond donors (Lipinski definition) is 1. The lowest BCUT2D eigenvalue weighted by molar-refractivity contribution is 0.0773. The van der Waals surface area contributed by atoms with E-state index in [1.807, 2.05) is 43.7 Å². The van der Waals surface area contributed by atoms with Crippen molar-refractivity contribution in [1.82, 2.24) is 14.5 Å². The third kappa shape index (κ3) is 4.51. The molecular weight excluding hydrogens is 472 g/mol. The minimum atomic E-state index is -3.85. The highest BCUT2D eigenvalue weighted by Crippen LogP contribution is 2.28. The smallest absolute Gasteiger partial charge is 0.263 e. The number of hydrogen-bond acceptors (Lipinski definition) is 4. The lowest BCUT2D eigenvalue weighted by Gasteiger charge is -2.18. The largest absolute Gasteiger partial charge is 0.339 e. The molecule has 7 nitrogen and oxygen atoms in total. The van der Waals surface area contributed by atoms with E-state index in [1.165, 1.54) is 12.1 Å². The molecule has 1 aromatic heterocycles. The molecule has 9 heteroatoms. The first-order valence-electron chi connectivity index (χ1n) is 10.9. The number of anilines is 1. The Morgan fingerprint density at radius 1 is 1.03 bits per heavy atom. The van der Waals surface area contributed by atoms with Crippen LogP contribution in [-0.2, 0) is 17.1 Å². The van der Waals surface area contributed by atoms with Crippen molar-refractivity contribution in [2.75, 3.05) is 17.8 Å². The number of nitrogens with one attached hydrogen (secondary N) is 1. The number of rotatable bonds is 7. The van der Waals surface area contributed by atoms with Crippen molar-refractivity contribution in [1.29, 1.82) is 0 Å². The highest BCUT2D eigenvalue weighted by molar-refractivity contribution is 7.92. The molecule has 0 saturated heterocycles. The number of amides is 1. The summed E-state index contributed by atoms with van der Waals surface area (Å²) in [5.74, 6) is 0.708. The van der Waals surface area contributed by atoms with Crippen molar-refractivity contribution >= 4 is 44.3 Å². The summed E-state index contributed by atoms with van der Waals surface area (Å²) in [7, 11) is -1.95. The van der Waals surface area contributed by atoms with Gasteiger partial charge in [-0.3, -0.25) is 9.52 Å². The van der Waals surface area contributed by atoms with Gasteiger partial charge in [0, 0.05) is 31.3 Å². The summed E-state index contributed by atoms with van der Waals surface area (Å²) in [6.07, 6.45) is 0. The Morgan fingerprint density at radius 3 is 2.35 bits per heavy atom. The summed E-state index contributed by atoms with van der Waals surface area (Å²) >= 11 is 6.07. The standard InChI is InChI=1S/C25H25ClN4O3S/c1-4-30(5-2)25(31)18-12-10-17(11-13-18)24-27-21-16-19(14-15-22(21)29(24)3)28-34(32,33)23-9-7-6-8-20(23)26/h6-16,28H,4-5H2,1-3H3. The van der Waals surface area contributed by atoms with Gasteiger partial charge in [-0.05, 0) is 56.3 Å². The zero-order valence-electron chi connectivity index (χ0n) is 19.1. The first kappa shape index (κ1) is 23.8. The molecule has 1 amide bonds. The molecule has 1 N–H and O–H groups in total. The normalized spacial score (nSPS) is 11.5. The lowest BCUT2D eigenvalue weighted by Crippen LogP contribution is -2.30. The molecule has 0 aliphatic rings. The number of nitrogens with zero attached hydrogens (tertiary/aromatic N) is 3. The van der Waals surface area contributed by atoms with Crippen molar-refractivity contribution < 1.29 is 13.2 Å². The van der Waals surface area contributed by atoms with Gasteiger partial charge in [-0.15, -0.1) is 0 Å². The maximum Gasteiger partial charge on any atom is 0.263 e. The number of aryl methyl sites for hydroxylation is 1. The van der Waals surface area contributed by atoms with E-state index in [1.54, 1.807) is 41.3 Å². The average Bonchev–Trinajstić information content (AvgIpc) is 3.15. The van der Waals surface area contributed by atoms with Crippen LogP contribution in [0.4, 0.5) is 5.69 Å². The number of fused-ring (bicyclic) bond motifs is 1. The summed E-state index contributed by atoms with van der Waals surface area (Å²) in [6, 6.07) is 18.8. The average molecular weight is 497 g/mol. The molecule has 0 spiro atoms. The van der Waals surface area contributed by atoms with Crippen molar-refractivity contribution in [2.24, 2.45) is 7.05 Å². The summed E-state index contributed by atoms with van der Waals surface area (Å²) in [5.41, 5.74) is 3.35. The number of halogens is 1. The van der Waals surface area contributed by atoms with Gasteiger partial charge < -0.3 is 9.47 Å². The highest BCUT2D eigenvalue weighted by Gasteiger charge is 2.19. The maximum absolute atomic E-state index is 12.8. The van der Waals surface area contributed by atoms with Crippen LogP contribution in [0.1, 0.15) is 24.2 Å². The Labute approximate surface area is 204 Å². The molecule has 0 fully saturated rings. The fraction of sp³-hybridized carbons (Fsp3) is 0.200. The van der Waals surface area contributed by atoms with Crippen LogP contribution in [0.5, 0.6) is 0 Å². The first-order valence-corrected chi connectivity index (χ1v) is 12.7. The van der Waals surface area contributed by atoms with E-state index >= 15 is 0 Å². The molecule has 34 heavy (non-hydrogen) atoms. The van der Waals surface area contributed by atoms with Crippen LogP contribution in [0, 0.1) is 0 Å². The number of imidazole rings is 1. The van der Waals surface area contributed by atoms with Crippen LogP contribution >= 0.6 is 11.6 Å². The third-order valence-corrected chi connectivity index (χ3v) is 7.58. The van der Waals surface area contributed by atoms with Crippen molar-refractivity contribution in [3.8, 4) is 11.4 Å². The minimum absolute atomic E-state index is 0.00278. The fourth-order valence-electron chi connectivity index (χ4n) is 3.85. The van der Waals surface area contributed by atoms with E-state index in [4.69, 9.17) is 16.6 Å². The van der Waals surface area contributed by atoms with E-state index < -0.39 is 10.0 Å². The molecule has 3 aromatic carbocycles. The molecular formula is C25H25ClN4O3S. The topological polar surface area (TPSA) is 84.3 Å². The Bertz CT molecular complexity index is 1460. The van der Waals surface area contributed by atoms with Gasteiger partial charge in [0.2, 0.25) is 0 Å². The van der Waals surface area contributed by atoms with Crippen LogP contribution in [0.3, 0.4) is 0 Å². The van der Waals surface area contributed by atoms with E-state index in [9.17, 15) is 13.2 Å². The molecule has 0 atom stereocenters. The first-order chi connectivity index (χ1) is 16.2. The molecule has 4 rings (SSSR count). The molecule has 0 aliphatic heterocycles. The summed E-state index contributed by atoms with van der Waals surface area (Å²) in [5, 5.41) is 0.152. The number of carbonyl (C=O) groups excluding carboxylic acids is 1. The summed E-state index contributed by atoms with van der Waals surface area (Å²) < 4.78 is 30.1. The summed E-state index contributed by atoms with van der Waals surface area (Å²) in [4.78, 5) is 19.1. The van der Waals surface area contributed by atoms with Crippen LogP contribution < -0.4 is 4.72 Å². The Kier molecular flexibility index (Phi) is 6.63. The van der Waals surface area contributed by atoms with Gasteiger partial charge in [-0.2, -0.15) is 0 Å². The van der Waals surface area contributed by atoms with E-state index in [0.29, 0.717) is 35.7 Å². The number of carbonyl (C=O) groups is 1. The SMILES string of the molecule is CCN(CC)C(=O)c1ccc(-c2nc3cc(NS(=O)(=O)c4ccccc4Cl)ccc3n2C)cc1. The van der Waals surface area contributed by atoms with Crippen LogP contribution in [0.25, 0.3) is 22.4 Å². The van der Waals surface area contributed by atoms with Gasteiger partial charge in [-0.1, -0.05) is 35.9 Å². The van der Waals surface area contributed by atoms with Crippen molar-refractivity contribution in [3.05, 3.63) is 77.3 Å². The lowest BCUT2D eigenvalue weighted by atomic mass is 10.1. The predicted octanol–water partition coefficient (Wildman–Crippen LogP) is 5.18. The van der Waals surface area contributed by atoms with Gasteiger partial charge in [0.15, 0.2) is 0 Å². The Balaban J connectivity index is 1.64. The van der Waals surface area contributed by atoms with E-state index in [0.717, 1.165) is 11.1 Å². The molecule has 0 bridgehead atoms. The fourth-order valence-corrected chi connectivity index (χ4v) is 5.42. The van der Waals surface area contributed by atoms with Gasteiger partial charge in [-0.25, -0.2) is 13.4 Å². The molecule has 0 unspecified atom stereocenters. The van der Waals surface area contributed by atoms with Gasteiger partial charge in [0.05, 0.1) is 21.7 Å². The predicted molar refractivity (Wildman–Crippen MR) is 136 cm³/mol. The third-order valence-electron chi connectivity index (χ3n) is 5.70. The number of benzene rings is 3. The van der Waals surface area contributed by atoms with Crippen molar-refractivity contribution in [2.45, 2.75) is 18.7 Å². The van der Waals surface area contributed by atoms with Crippen LogP contribution in [0.2, 0.25) is 5.02 Å². The zero-order valence-corrected chi connectivity index (χ0v) is 20.7. The zero-order chi connectivity index (χ0) is 24.5. The van der Waals surface area contributed by atoms with E-state index in [2.05, 4.69) is 4.72 Å². The number of sulfonamides is 1. The second kappa shape index (κ2) is 9.48. The maximum atomic E-state index is 12.8. The Morgan fingerprint density at radius 2 is 1.71 bits per heavy atom. The Hall–Kier alpha value is -3.36. The molecule has 1 heterocycles. The van der Waals surface area contributed by atoms with Gasteiger partial charge >= 0.3 is 0 Å². The molecule has 0 aliphatic carbocycles. The molecule has 0 radical (unpaired) electrons. The van der Waals surface area contributed by atoms with Crippen LogP contribution in [-0.4, -0.2) is 41.9 Å². The minimum Gasteiger partial charge on any atom is -0.339 e. The molecule has 4 aromatic rings. The van der Waals surface area contributed by atoms with E-state index in [-0.39, 0.29) is 15.8 Å². The highest BCUT2D eigenvalue weighted by atomic mass is 35.5.